The number of aromatic nitrogens is 1. The Kier molecular flexibility index (Phi) is 8.37. The molecule has 0 spiro atoms. The Morgan fingerprint density at radius 2 is 1.71 bits per heavy atom. The molecule has 0 radical (unpaired) electrons. The zero-order valence-corrected chi connectivity index (χ0v) is 22.7. The summed E-state index contributed by atoms with van der Waals surface area (Å²) in [6, 6.07) is 15.6. The Balaban J connectivity index is 1.48. The van der Waals surface area contributed by atoms with Gasteiger partial charge in [-0.1, -0.05) is 78.8 Å². The number of hydrogen-bond donors (Lipinski definition) is 1. The van der Waals surface area contributed by atoms with Gasteiger partial charge in [0.25, 0.3) is 0 Å². The van der Waals surface area contributed by atoms with Crippen molar-refractivity contribution < 1.29 is 23.1 Å². The molecule has 1 fully saturated rings. The molecular formula is C30H31ClN2O5. The molecular weight excluding hydrogens is 504 g/mol. The lowest BCUT2D eigenvalue weighted by molar-refractivity contribution is -0.136. The maximum Gasteiger partial charge on any atom is 0.412 e. The van der Waals surface area contributed by atoms with Crippen LogP contribution in [0.15, 0.2) is 76.9 Å². The number of nitrogens with one attached hydrogen (secondary N) is 1. The molecule has 1 atom stereocenters. The molecule has 198 valence electrons. The van der Waals surface area contributed by atoms with Crippen molar-refractivity contribution in [2.75, 3.05) is 5.32 Å². The van der Waals surface area contributed by atoms with Crippen LogP contribution in [0.5, 0.6) is 0 Å². The highest BCUT2D eigenvalue weighted by atomic mass is 35.5. The van der Waals surface area contributed by atoms with Crippen LogP contribution < -0.4 is 5.32 Å². The van der Waals surface area contributed by atoms with Crippen molar-refractivity contribution in [2.45, 2.75) is 58.5 Å². The number of halogens is 1. The molecule has 1 amide bonds. The highest BCUT2D eigenvalue weighted by molar-refractivity contribution is 6.14. The number of anilines is 1. The summed E-state index contributed by atoms with van der Waals surface area (Å²) in [6.07, 6.45) is 7.20. The number of carbonyl (C=O) groups excluding carboxylic acids is 2. The number of benzene rings is 2. The van der Waals surface area contributed by atoms with E-state index in [1.807, 2.05) is 87.5 Å². The first-order chi connectivity index (χ1) is 18.3. The lowest BCUT2D eigenvalue weighted by Gasteiger charge is -2.15. The van der Waals surface area contributed by atoms with Crippen molar-refractivity contribution in [1.82, 2.24) is 5.16 Å². The second-order valence-electron chi connectivity index (χ2n) is 9.36. The van der Waals surface area contributed by atoms with Gasteiger partial charge in [-0.3, -0.25) is 5.32 Å². The fourth-order valence-electron chi connectivity index (χ4n) is 4.48. The van der Waals surface area contributed by atoms with Gasteiger partial charge in [0.1, 0.15) is 29.4 Å². The van der Waals surface area contributed by atoms with Crippen LogP contribution in [0.1, 0.15) is 51.3 Å². The average molecular weight is 535 g/mol. The van der Waals surface area contributed by atoms with Gasteiger partial charge in [0.05, 0.1) is 5.41 Å². The average Bonchev–Trinajstić information content (AvgIpc) is 3.67. The summed E-state index contributed by atoms with van der Waals surface area (Å²) >= 11 is 5.32. The number of nitrogens with zero attached hydrogens (tertiary/aromatic N) is 1. The second kappa shape index (κ2) is 11.7. The summed E-state index contributed by atoms with van der Waals surface area (Å²) in [5, 5.41) is 6.84. The van der Waals surface area contributed by atoms with Gasteiger partial charge in [-0.2, -0.15) is 0 Å². The Morgan fingerprint density at radius 1 is 1.11 bits per heavy atom. The minimum absolute atomic E-state index is 0.406. The smallest absolute Gasteiger partial charge is 0.412 e. The predicted octanol–water partition coefficient (Wildman–Crippen LogP) is 7.90. The van der Waals surface area contributed by atoms with Crippen molar-refractivity contribution in [3.63, 3.8) is 0 Å². The van der Waals surface area contributed by atoms with Crippen molar-refractivity contribution in [2.24, 2.45) is 0 Å². The number of allylic oxidation sites excluding steroid dienone is 2. The van der Waals surface area contributed by atoms with Crippen molar-refractivity contribution in [3.8, 4) is 22.5 Å². The molecule has 0 aliphatic heterocycles. The first-order valence-corrected chi connectivity index (χ1v) is 12.9. The number of ether oxygens (including phenoxy) is 1. The van der Waals surface area contributed by atoms with E-state index >= 15 is 0 Å². The molecule has 1 aromatic heterocycles. The van der Waals surface area contributed by atoms with E-state index < -0.39 is 23.6 Å². The molecule has 38 heavy (non-hydrogen) atoms. The summed E-state index contributed by atoms with van der Waals surface area (Å²) in [7, 11) is 0. The molecule has 1 saturated carbocycles. The van der Waals surface area contributed by atoms with E-state index in [1.54, 1.807) is 6.92 Å². The SMILES string of the molecule is C/C=C\C(=C/CC)C(C)OC(=O)Nc1c(C)noc1-c1ccc(-c2ccc(C3(C(=O)OCl)CC3)cc2)cc1. The normalized spacial score (nSPS) is 15.2. The first kappa shape index (κ1) is 27.2. The zero-order valence-electron chi connectivity index (χ0n) is 21.9. The van der Waals surface area contributed by atoms with E-state index in [2.05, 4.69) is 14.8 Å². The highest BCUT2D eigenvalue weighted by Crippen LogP contribution is 2.49. The van der Waals surface area contributed by atoms with Gasteiger partial charge in [-0.15, -0.1) is 0 Å². The lowest BCUT2D eigenvalue weighted by atomic mass is 9.93. The molecule has 1 unspecified atom stereocenters. The summed E-state index contributed by atoms with van der Waals surface area (Å²) in [5.74, 6) is 0.0408. The molecule has 0 saturated heterocycles. The van der Waals surface area contributed by atoms with Gasteiger partial charge < -0.3 is 13.5 Å². The van der Waals surface area contributed by atoms with Gasteiger partial charge in [-0.25, -0.2) is 9.59 Å². The minimum Gasteiger partial charge on any atom is -0.441 e. The third-order valence-electron chi connectivity index (χ3n) is 6.77. The summed E-state index contributed by atoms with van der Waals surface area (Å²) in [6.45, 7) is 7.55. The predicted molar refractivity (Wildman–Crippen MR) is 148 cm³/mol. The van der Waals surface area contributed by atoms with E-state index in [-0.39, 0.29) is 0 Å². The van der Waals surface area contributed by atoms with Crippen LogP contribution in [0.4, 0.5) is 10.5 Å². The first-order valence-electron chi connectivity index (χ1n) is 12.6. The van der Waals surface area contributed by atoms with Crippen LogP contribution in [0.3, 0.4) is 0 Å². The fraction of sp³-hybridized carbons (Fsp3) is 0.300. The van der Waals surface area contributed by atoms with Crippen LogP contribution in [-0.2, 0) is 19.2 Å². The number of rotatable bonds is 9. The third-order valence-corrected chi connectivity index (χ3v) is 6.91. The Hall–Kier alpha value is -3.84. The standard InChI is InChI=1S/C30H31ClN2O5/c1-5-7-21(8-6-2)20(4)36-29(35)32-26-19(3)33-38-27(26)24-11-9-22(10-12-24)23-13-15-25(16-14-23)30(17-18-30)28(34)37-31/h5,7-16,20H,6,17-18H2,1-4H3,(H,32,35)/b7-5-,21-8+. The third kappa shape index (κ3) is 5.68. The van der Waals surface area contributed by atoms with Gasteiger partial charge in [0.2, 0.25) is 0 Å². The molecule has 1 N–H and O–H groups in total. The van der Waals surface area contributed by atoms with Crippen LogP contribution in [0.2, 0.25) is 0 Å². The Bertz CT molecular complexity index is 1350. The zero-order chi connectivity index (χ0) is 27.3. The Morgan fingerprint density at radius 3 is 2.26 bits per heavy atom. The van der Waals surface area contributed by atoms with E-state index in [0.717, 1.165) is 47.1 Å². The summed E-state index contributed by atoms with van der Waals surface area (Å²) < 4.78 is 15.6. The lowest BCUT2D eigenvalue weighted by Crippen LogP contribution is -2.21. The molecule has 0 bridgehead atoms. The summed E-state index contributed by atoms with van der Waals surface area (Å²) in [4.78, 5) is 24.7. The van der Waals surface area contributed by atoms with E-state index in [1.165, 1.54) is 0 Å². The van der Waals surface area contributed by atoms with Gasteiger partial charge in [0, 0.05) is 5.56 Å². The minimum atomic E-state index is -0.614. The van der Waals surface area contributed by atoms with Crippen molar-refractivity contribution in [1.29, 1.82) is 0 Å². The number of carbonyl (C=O) groups is 2. The monoisotopic (exact) mass is 534 g/mol. The molecule has 4 rings (SSSR count). The van der Waals surface area contributed by atoms with Crippen LogP contribution >= 0.6 is 11.9 Å². The largest absolute Gasteiger partial charge is 0.441 e. The molecule has 1 aliphatic carbocycles. The molecule has 8 heteroatoms. The summed E-state index contributed by atoms with van der Waals surface area (Å²) in [5.41, 5.74) is 4.98. The van der Waals surface area contributed by atoms with Gasteiger partial charge in [-0.05, 0) is 62.3 Å². The highest BCUT2D eigenvalue weighted by Gasteiger charge is 2.53. The maximum atomic E-state index is 12.7. The molecule has 7 nitrogen and oxygen atoms in total. The number of aryl methyl sites for hydroxylation is 1. The van der Waals surface area contributed by atoms with E-state index in [0.29, 0.717) is 17.1 Å². The van der Waals surface area contributed by atoms with Crippen LogP contribution in [0, 0.1) is 6.92 Å². The molecule has 3 aromatic rings. The van der Waals surface area contributed by atoms with E-state index in [4.69, 9.17) is 21.1 Å². The fourth-order valence-corrected chi connectivity index (χ4v) is 4.62. The van der Waals surface area contributed by atoms with Crippen molar-refractivity contribution in [3.05, 3.63) is 83.6 Å². The second-order valence-corrected chi connectivity index (χ2v) is 9.51. The van der Waals surface area contributed by atoms with Crippen LogP contribution in [0.25, 0.3) is 22.5 Å². The topological polar surface area (TPSA) is 90.7 Å². The van der Waals surface area contributed by atoms with Gasteiger partial charge in [0.15, 0.2) is 5.76 Å². The molecule has 1 heterocycles. The maximum absolute atomic E-state index is 12.7. The Labute approximate surface area is 227 Å². The molecule has 2 aromatic carbocycles. The number of amides is 1. The number of hydrogen-bond acceptors (Lipinski definition) is 6. The van der Waals surface area contributed by atoms with Gasteiger partial charge >= 0.3 is 12.1 Å². The molecule has 1 aliphatic rings. The van der Waals surface area contributed by atoms with Crippen LogP contribution in [-0.4, -0.2) is 23.3 Å². The van der Waals surface area contributed by atoms with E-state index in [9.17, 15) is 9.59 Å². The quantitative estimate of drug-likeness (QED) is 0.281. The van der Waals surface area contributed by atoms with Crippen molar-refractivity contribution >= 4 is 29.6 Å².